The maximum Gasteiger partial charge on any atom is 0.127 e. The highest BCUT2D eigenvalue weighted by molar-refractivity contribution is 5.38. The number of anilines is 1. The predicted octanol–water partition coefficient (Wildman–Crippen LogP) is 2.05. The van der Waals surface area contributed by atoms with E-state index in [-0.39, 0.29) is 0 Å². The topological polar surface area (TPSA) is 51.4 Å². The van der Waals surface area contributed by atoms with Crippen molar-refractivity contribution in [1.82, 2.24) is 9.88 Å². The third-order valence-corrected chi connectivity index (χ3v) is 3.50. The monoisotopic (exact) mass is 249 g/mol. The second-order valence-corrected chi connectivity index (χ2v) is 4.86. The lowest BCUT2D eigenvalue weighted by Crippen LogP contribution is -2.35. The molecule has 1 aliphatic rings. The number of likely N-dealkylation sites (N-methyl/N-ethyl adjacent to an activating group) is 1. The standard InChI is InChI=1S/C14H23N3O/c1-2-17(11-13-7-3-4-9-18-13)10-12-6-5-8-16-14(12)15/h5-6,8,13H,2-4,7,9-11H2,1H3,(H2,15,16)/t13-/m0/s1. The minimum Gasteiger partial charge on any atom is -0.383 e. The van der Waals surface area contributed by atoms with Gasteiger partial charge in [-0.25, -0.2) is 4.98 Å². The van der Waals surface area contributed by atoms with Gasteiger partial charge in [-0.15, -0.1) is 0 Å². The second-order valence-electron chi connectivity index (χ2n) is 4.86. The molecular weight excluding hydrogens is 226 g/mol. The van der Waals surface area contributed by atoms with Gasteiger partial charge in [0.15, 0.2) is 0 Å². The van der Waals surface area contributed by atoms with E-state index in [4.69, 9.17) is 10.5 Å². The van der Waals surface area contributed by atoms with E-state index < -0.39 is 0 Å². The zero-order chi connectivity index (χ0) is 12.8. The van der Waals surface area contributed by atoms with Crippen LogP contribution in [0, 0.1) is 0 Å². The van der Waals surface area contributed by atoms with Crippen molar-refractivity contribution in [1.29, 1.82) is 0 Å². The molecule has 1 aromatic heterocycles. The van der Waals surface area contributed by atoms with Crippen molar-refractivity contribution < 1.29 is 4.74 Å². The Hall–Kier alpha value is -1.13. The summed E-state index contributed by atoms with van der Waals surface area (Å²) in [6.45, 7) is 5.95. The third-order valence-electron chi connectivity index (χ3n) is 3.50. The molecule has 0 amide bonds. The lowest BCUT2D eigenvalue weighted by Gasteiger charge is -2.29. The molecule has 1 saturated heterocycles. The Morgan fingerprint density at radius 3 is 3.06 bits per heavy atom. The maximum absolute atomic E-state index is 5.89. The fourth-order valence-corrected chi connectivity index (χ4v) is 2.37. The van der Waals surface area contributed by atoms with Crippen LogP contribution < -0.4 is 5.73 Å². The van der Waals surface area contributed by atoms with Crippen LogP contribution >= 0.6 is 0 Å². The van der Waals surface area contributed by atoms with Gasteiger partial charge in [0, 0.05) is 31.5 Å². The molecule has 4 heteroatoms. The lowest BCUT2D eigenvalue weighted by atomic mass is 10.1. The first-order valence-corrected chi connectivity index (χ1v) is 6.83. The highest BCUT2D eigenvalue weighted by atomic mass is 16.5. The average Bonchev–Trinajstić information content (AvgIpc) is 2.41. The molecule has 0 saturated carbocycles. The van der Waals surface area contributed by atoms with Crippen molar-refractivity contribution >= 4 is 5.82 Å². The molecule has 100 valence electrons. The van der Waals surface area contributed by atoms with Crippen LogP contribution in [-0.4, -0.2) is 35.7 Å². The highest BCUT2D eigenvalue weighted by Gasteiger charge is 2.17. The summed E-state index contributed by atoms with van der Waals surface area (Å²) in [4.78, 5) is 6.51. The molecule has 1 fully saturated rings. The molecule has 4 nitrogen and oxygen atoms in total. The van der Waals surface area contributed by atoms with Crippen molar-refractivity contribution in [3.63, 3.8) is 0 Å². The van der Waals surface area contributed by atoms with Crippen molar-refractivity contribution in [2.75, 3.05) is 25.4 Å². The summed E-state index contributed by atoms with van der Waals surface area (Å²) in [5.41, 5.74) is 6.99. The van der Waals surface area contributed by atoms with Crippen LogP contribution in [-0.2, 0) is 11.3 Å². The number of aromatic nitrogens is 1. The number of pyridine rings is 1. The third kappa shape index (κ3) is 3.68. The smallest absolute Gasteiger partial charge is 0.127 e. The molecule has 2 heterocycles. The molecule has 0 aromatic carbocycles. The van der Waals surface area contributed by atoms with Crippen LogP contribution in [0.2, 0.25) is 0 Å². The average molecular weight is 249 g/mol. The van der Waals surface area contributed by atoms with Gasteiger partial charge in [0.05, 0.1) is 6.10 Å². The van der Waals surface area contributed by atoms with E-state index >= 15 is 0 Å². The van der Waals surface area contributed by atoms with Gasteiger partial charge in [-0.3, -0.25) is 4.90 Å². The Kier molecular flexibility index (Phi) is 4.96. The zero-order valence-corrected chi connectivity index (χ0v) is 11.1. The van der Waals surface area contributed by atoms with Gasteiger partial charge in [0.1, 0.15) is 5.82 Å². The Morgan fingerprint density at radius 1 is 1.50 bits per heavy atom. The molecule has 1 aliphatic heterocycles. The fraction of sp³-hybridized carbons (Fsp3) is 0.643. The number of nitrogens with two attached hydrogens (primary N) is 1. The first kappa shape index (κ1) is 13.3. The fourth-order valence-electron chi connectivity index (χ4n) is 2.37. The molecule has 0 spiro atoms. The largest absolute Gasteiger partial charge is 0.383 e. The summed E-state index contributed by atoms with van der Waals surface area (Å²) in [5.74, 6) is 0.639. The summed E-state index contributed by atoms with van der Waals surface area (Å²) in [6.07, 6.45) is 5.80. The van der Waals surface area contributed by atoms with Crippen LogP contribution in [0.3, 0.4) is 0 Å². The van der Waals surface area contributed by atoms with E-state index in [1.807, 2.05) is 12.1 Å². The van der Waals surface area contributed by atoms with Gasteiger partial charge in [-0.1, -0.05) is 13.0 Å². The minimum absolute atomic E-state index is 0.386. The van der Waals surface area contributed by atoms with Gasteiger partial charge in [-0.2, -0.15) is 0 Å². The number of rotatable bonds is 5. The quantitative estimate of drug-likeness (QED) is 0.867. The maximum atomic E-state index is 5.89. The number of hydrogen-bond donors (Lipinski definition) is 1. The zero-order valence-electron chi connectivity index (χ0n) is 11.1. The van der Waals surface area contributed by atoms with Crippen LogP contribution in [0.1, 0.15) is 31.7 Å². The van der Waals surface area contributed by atoms with Crippen molar-refractivity contribution in [3.8, 4) is 0 Å². The summed E-state index contributed by atoms with van der Waals surface area (Å²) in [7, 11) is 0. The Labute approximate surface area is 109 Å². The molecule has 1 aromatic rings. The molecule has 0 unspecified atom stereocenters. The Bertz CT molecular complexity index is 364. The SMILES string of the molecule is CCN(Cc1cccnc1N)C[C@@H]1CCCCO1. The Morgan fingerprint density at radius 2 is 2.39 bits per heavy atom. The van der Waals surface area contributed by atoms with E-state index in [1.54, 1.807) is 6.20 Å². The summed E-state index contributed by atoms with van der Waals surface area (Å²) >= 11 is 0. The van der Waals surface area contributed by atoms with Gasteiger partial charge in [0.2, 0.25) is 0 Å². The molecule has 0 aliphatic carbocycles. The van der Waals surface area contributed by atoms with Crippen LogP contribution in [0.4, 0.5) is 5.82 Å². The van der Waals surface area contributed by atoms with Gasteiger partial charge < -0.3 is 10.5 Å². The van der Waals surface area contributed by atoms with Crippen LogP contribution in [0.5, 0.6) is 0 Å². The lowest BCUT2D eigenvalue weighted by molar-refractivity contribution is -0.00621. The van der Waals surface area contributed by atoms with Crippen molar-refractivity contribution in [2.45, 2.75) is 38.8 Å². The number of nitrogen functional groups attached to an aromatic ring is 1. The number of nitrogens with zero attached hydrogens (tertiary/aromatic N) is 2. The summed E-state index contributed by atoms with van der Waals surface area (Å²) in [6, 6.07) is 3.99. The van der Waals surface area contributed by atoms with Gasteiger partial charge >= 0.3 is 0 Å². The molecule has 1 atom stereocenters. The van der Waals surface area contributed by atoms with Gasteiger partial charge in [0.25, 0.3) is 0 Å². The Balaban J connectivity index is 1.90. The van der Waals surface area contributed by atoms with Gasteiger partial charge in [-0.05, 0) is 31.9 Å². The first-order chi connectivity index (χ1) is 8.79. The normalized spacial score (nSPS) is 20.2. The van der Waals surface area contributed by atoms with E-state index in [9.17, 15) is 0 Å². The van der Waals surface area contributed by atoms with E-state index in [0.717, 1.165) is 31.8 Å². The van der Waals surface area contributed by atoms with E-state index in [0.29, 0.717) is 11.9 Å². The first-order valence-electron chi connectivity index (χ1n) is 6.83. The molecule has 2 N–H and O–H groups in total. The minimum atomic E-state index is 0.386. The molecular formula is C14H23N3O. The summed E-state index contributed by atoms with van der Waals surface area (Å²) in [5, 5.41) is 0. The molecule has 0 radical (unpaired) electrons. The second kappa shape index (κ2) is 6.71. The van der Waals surface area contributed by atoms with Crippen LogP contribution in [0.15, 0.2) is 18.3 Å². The van der Waals surface area contributed by atoms with Crippen LogP contribution in [0.25, 0.3) is 0 Å². The van der Waals surface area contributed by atoms with Crippen molar-refractivity contribution in [3.05, 3.63) is 23.9 Å². The molecule has 2 rings (SSSR count). The van der Waals surface area contributed by atoms with Crippen molar-refractivity contribution in [2.24, 2.45) is 0 Å². The van der Waals surface area contributed by atoms with E-state index in [2.05, 4.69) is 16.8 Å². The number of hydrogen-bond acceptors (Lipinski definition) is 4. The predicted molar refractivity (Wildman–Crippen MR) is 73.2 cm³/mol. The highest BCUT2D eigenvalue weighted by Crippen LogP contribution is 2.16. The molecule has 18 heavy (non-hydrogen) atoms. The number of ether oxygens (including phenoxy) is 1. The van der Waals surface area contributed by atoms with E-state index in [1.165, 1.54) is 19.3 Å². The summed E-state index contributed by atoms with van der Waals surface area (Å²) < 4.78 is 5.79. The molecule has 0 bridgehead atoms.